The summed E-state index contributed by atoms with van der Waals surface area (Å²) in [5.74, 6) is -0.911. The second-order valence-corrected chi connectivity index (χ2v) is 8.84. The van der Waals surface area contributed by atoms with Crippen molar-refractivity contribution < 1.29 is 18.7 Å². The third-order valence-electron chi connectivity index (χ3n) is 5.36. The largest absolute Gasteiger partial charge is 0.407 e. The predicted molar refractivity (Wildman–Crippen MR) is 138 cm³/mol. The van der Waals surface area contributed by atoms with Crippen molar-refractivity contribution in [3.8, 4) is 34.0 Å². The lowest BCUT2D eigenvalue weighted by molar-refractivity contribution is -0.132. The van der Waals surface area contributed by atoms with E-state index in [9.17, 15) is 14.0 Å². The molecule has 5 aromatic rings. The van der Waals surface area contributed by atoms with Gasteiger partial charge in [0.1, 0.15) is 11.5 Å². The molecule has 5 rings (SSSR count). The van der Waals surface area contributed by atoms with Gasteiger partial charge in [0.2, 0.25) is 5.88 Å². The number of ether oxygens (including phenoxy) is 1. The molecule has 8 heteroatoms. The molecule has 0 unspecified atom stereocenters. The van der Waals surface area contributed by atoms with Gasteiger partial charge in [-0.25, -0.2) is 4.39 Å². The van der Waals surface area contributed by atoms with E-state index in [4.69, 9.17) is 9.84 Å². The van der Waals surface area contributed by atoms with Crippen LogP contribution in [0.3, 0.4) is 0 Å². The normalized spacial score (nSPS) is 10.7. The first-order valence-electron chi connectivity index (χ1n) is 11.1. The van der Waals surface area contributed by atoms with Gasteiger partial charge in [0.05, 0.1) is 16.1 Å². The van der Waals surface area contributed by atoms with Crippen molar-refractivity contribution in [2.75, 3.05) is 5.32 Å². The number of hydrogen-bond acceptors (Lipinski definition) is 5. The molecule has 3 aromatic carbocycles. The van der Waals surface area contributed by atoms with Crippen LogP contribution >= 0.6 is 11.3 Å². The fourth-order valence-corrected chi connectivity index (χ4v) is 4.41. The summed E-state index contributed by atoms with van der Waals surface area (Å²) < 4.78 is 21.4. The van der Waals surface area contributed by atoms with E-state index >= 15 is 0 Å². The van der Waals surface area contributed by atoms with Crippen LogP contribution in [0, 0.1) is 5.82 Å². The highest BCUT2D eigenvalue weighted by Gasteiger charge is 2.25. The highest BCUT2D eigenvalue weighted by atomic mass is 32.1. The van der Waals surface area contributed by atoms with E-state index in [1.807, 2.05) is 41.8 Å². The fraction of sp³-hybridized carbons (Fsp3) is 0.0357. The fourth-order valence-electron chi connectivity index (χ4n) is 3.80. The van der Waals surface area contributed by atoms with E-state index in [2.05, 4.69) is 5.32 Å². The molecule has 2 heterocycles. The summed E-state index contributed by atoms with van der Waals surface area (Å²) in [6.45, 7) is 1.32. The van der Waals surface area contributed by atoms with Crippen molar-refractivity contribution in [2.24, 2.45) is 0 Å². The van der Waals surface area contributed by atoms with E-state index in [0.717, 1.165) is 0 Å². The summed E-state index contributed by atoms with van der Waals surface area (Å²) in [5.41, 5.74) is 3.47. The third kappa shape index (κ3) is 4.80. The van der Waals surface area contributed by atoms with Gasteiger partial charge in [-0.2, -0.15) is 9.78 Å². The molecule has 0 radical (unpaired) electrons. The molecule has 0 fully saturated rings. The number of amides is 1. The minimum Gasteiger partial charge on any atom is -0.407 e. The minimum atomic E-state index is -0.515. The van der Waals surface area contributed by atoms with Crippen molar-refractivity contribution in [1.82, 2.24) is 9.78 Å². The molecular weight excluding hydrogens is 477 g/mol. The number of aromatic nitrogens is 2. The van der Waals surface area contributed by atoms with E-state index in [0.29, 0.717) is 38.6 Å². The SMILES string of the molecule is CC(=O)Oc1c(-c2ccc(NC(=O)c3cccs3)cc2)c(-c2cccc(F)c2)nn1-c1ccccc1. The molecule has 6 nitrogen and oxygen atoms in total. The van der Waals surface area contributed by atoms with Crippen LogP contribution in [0.1, 0.15) is 16.6 Å². The van der Waals surface area contributed by atoms with Crippen LogP contribution in [0.4, 0.5) is 10.1 Å². The molecule has 1 amide bonds. The molecule has 0 aliphatic heterocycles. The molecule has 0 aliphatic carbocycles. The third-order valence-corrected chi connectivity index (χ3v) is 6.23. The zero-order valence-electron chi connectivity index (χ0n) is 19.1. The summed E-state index contributed by atoms with van der Waals surface area (Å²) >= 11 is 1.36. The number of rotatable bonds is 6. The highest BCUT2D eigenvalue weighted by Crippen LogP contribution is 2.41. The number of nitrogens with zero attached hydrogens (tertiary/aromatic N) is 2. The van der Waals surface area contributed by atoms with Gasteiger partial charge in [0.25, 0.3) is 5.91 Å². The van der Waals surface area contributed by atoms with Crippen molar-refractivity contribution in [3.05, 3.63) is 107 Å². The molecule has 178 valence electrons. The van der Waals surface area contributed by atoms with Crippen molar-refractivity contribution in [3.63, 3.8) is 0 Å². The molecule has 0 aliphatic rings. The van der Waals surface area contributed by atoms with E-state index in [1.54, 1.807) is 42.5 Å². The maximum Gasteiger partial charge on any atom is 0.309 e. The lowest BCUT2D eigenvalue weighted by Crippen LogP contribution is -2.10. The predicted octanol–water partition coefficient (Wildman–Crippen LogP) is 6.58. The molecule has 1 N–H and O–H groups in total. The number of thiophene rings is 1. The second-order valence-electron chi connectivity index (χ2n) is 7.89. The van der Waals surface area contributed by atoms with Crippen LogP contribution in [-0.4, -0.2) is 21.7 Å². The van der Waals surface area contributed by atoms with Gasteiger partial charge < -0.3 is 10.1 Å². The first kappa shape index (κ1) is 23.2. The summed E-state index contributed by atoms with van der Waals surface area (Å²) in [4.78, 5) is 25.1. The number of hydrogen-bond donors (Lipinski definition) is 1. The maximum absolute atomic E-state index is 14.2. The van der Waals surface area contributed by atoms with Gasteiger partial charge in [0.15, 0.2) is 0 Å². The monoisotopic (exact) mass is 497 g/mol. The molecule has 0 bridgehead atoms. The summed E-state index contributed by atoms with van der Waals surface area (Å²) in [6.07, 6.45) is 0. The first-order valence-corrected chi connectivity index (χ1v) is 12.0. The molecule has 0 saturated heterocycles. The number of benzene rings is 3. The standard InChI is InChI=1S/C28H20FN3O3S/c1-18(33)35-28-25(19-12-14-22(15-13-19)30-27(34)24-11-6-16-36-24)26(20-7-5-8-21(29)17-20)31-32(28)23-9-3-2-4-10-23/h2-17H,1H3,(H,30,34). The molecular formula is C28H20FN3O3S. The van der Waals surface area contributed by atoms with E-state index in [-0.39, 0.29) is 11.8 Å². The molecule has 0 atom stereocenters. The van der Waals surface area contributed by atoms with Gasteiger partial charge in [-0.15, -0.1) is 11.3 Å². The van der Waals surface area contributed by atoms with Gasteiger partial charge >= 0.3 is 5.97 Å². The van der Waals surface area contributed by atoms with Gasteiger partial charge in [0, 0.05) is 18.2 Å². The zero-order valence-corrected chi connectivity index (χ0v) is 20.0. The summed E-state index contributed by atoms with van der Waals surface area (Å²) in [7, 11) is 0. The molecule has 36 heavy (non-hydrogen) atoms. The number of nitrogens with one attached hydrogen (secondary N) is 1. The summed E-state index contributed by atoms with van der Waals surface area (Å²) in [6, 6.07) is 26.0. The second kappa shape index (κ2) is 9.97. The lowest BCUT2D eigenvalue weighted by Gasteiger charge is -2.10. The van der Waals surface area contributed by atoms with Crippen LogP contribution in [-0.2, 0) is 4.79 Å². The molecule has 2 aromatic heterocycles. The number of anilines is 1. The van der Waals surface area contributed by atoms with Crippen LogP contribution in [0.5, 0.6) is 5.88 Å². The van der Waals surface area contributed by atoms with Gasteiger partial charge in [-0.1, -0.05) is 48.5 Å². The number of esters is 1. The van der Waals surface area contributed by atoms with E-state index in [1.165, 1.54) is 35.1 Å². The minimum absolute atomic E-state index is 0.198. The highest BCUT2D eigenvalue weighted by molar-refractivity contribution is 7.12. The van der Waals surface area contributed by atoms with Crippen LogP contribution < -0.4 is 10.1 Å². The Hall–Kier alpha value is -4.56. The number of carbonyl (C=O) groups is 2. The van der Waals surface area contributed by atoms with Crippen molar-refractivity contribution in [1.29, 1.82) is 0 Å². The Morgan fingerprint density at radius 3 is 2.36 bits per heavy atom. The quantitative estimate of drug-likeness (QED) is 0.269. The Morgan fingerprint density at radius 2 is 1.69 bits per heavy atom. The smallest absolute Gasteiger partial charge is 0.309 e. The zero-order chi connectivity index (χ0) is 25.1. The Morgan fingerprint density at radius 1 is 0.917 bits per heavy atom. The Bertz CT molecular complexity index is 1530. The van der Waals surface area contributed by atoms with Gasteiger partial charge in [-0.3, -0.25) is 9.59 Å². The average molecular weight is 498 g/mol. The average Bonchev–Trinajstić information content (AvgIpc) is 3.54. The summed E-state index contributed by atoms with van der Waals surface area (Å²) in [5, 5.41) is 9.44. The van der Waals surface area contributed by atoms with E-state index < -0.39 is 11.8 Å². The Labute approximate surface area is 210 Å². The Kier molecular flexibility index (Phi) is 6.42. The number of carbonyl (C=O) groups excluding carboxylic acids is 2. The molecule has 0 spiro atoms. The van der Waals surface area contributed by atoms with Crippen LogP contribution in [0.2, 0.25) is 0 Å². The van der Waals surface area contributed by atoms with Gasteiger partial charge in [-0.05, 0) is 53.4 Å². The Balaban J connectivity index is 1.63. The first-order chi connectivity index (χ1) is 17.5. The van der Waals surface area contributed by atoms with Crippen LogP contribution in [0.25, 0.3) is 28.1 Å². The van der Waals surface area contributed by atoms with Crippen LogP contribution in [0.15, 0.2) is 96.4 Å². The number of para-hydroxylation sites is 1. The maximum atomic E-state index is 14.2. The number of halogens is 1. The van der Waals surface area contributed by atoms with Crippen molar-refractivity contribution in [2.45, 2.75) is 6.92 Å². The molecule has 0 saturated carbocycles. The van der Waals surface area contributed by atoms with Crippen molar-refractivity contribution >= 4 is 28.9 Å². The lowest BCUT2D eigenvalue weighted by atomic mass is 10.0. The topological polar surface area (TPSA) is 73.2 Å².